The molecule has 0 aromatic heterocycles. The van der Waals surface area contributed by atoms with E-state index in [2.05, 4.69) is 24.4 Å². The minimum absolute atomic E-state index is 0.348. The molecule has 4 heteroatoms. The van der Waals surface area contributed by atoms with Gasteiger partial charge < -0.3 is 16.2 Å². The van der Waals surface area contributed by atoms with Crippen molar-refractivity contribution < 1.29 is 9.90 Å². The summed E-state index contributed by atoms with van der Waals surface area (Å²) in [6.45, 7) is 2.80. The molecule has 0 aliphatic carbocycles. The van der Waals surface area contributed by atoms with Crippen molar-refractivity contribution in [3.63, 3.8) is 0 Å². The van der Waals surface area contributed by atoms with Crippen LogP contribution < -0.4 is 11.1 Å². The molecule has 0 radical (unpaired) electrons. The van der Waals surface area contributed by atoms with Gasteiger partial charge in [0.15, 0.2) is 0 Å². The fourth-order valence-electron chi connectivity index (χ4n) is 2.10. The van der Waals surface area contributed by atoms with Gasteiger partial charge in [-0.25, -0.2) is 0 Å². The summed E-state index contributed by atoms with van der Waals surface area (Å²) in [6.07, 6.45) is 0.348. The molecule has 0 saturated carbocycles. The van der Waals surface area contributed by atoms with Crippen LogP contribution in [0.1, 0.15) is 16.7 Å². The highest BCUT2D eigenvalue weighted by atomic mass is 16.4. The molecule has 4 N–H and O–H groups in total. The highest BCUT2D eigenvalue weighted by Gasteiger charge is 2.11. The second kappa shape index (κ2) is 6.90. The fourth-order valence-corrected chi connectivity index (χ4v) is 2.10. The third kappa shape index (κ3) is 4.33. The summed E-state index contributed by atoms with van der Waals surface area (Å²) in [4.78, 5) is 10.7. The molecule has 0 saturated heterocycles. The quantitative estimate of drug-likeness (QED) is 0.762. The van der Waals surface area contributed by atoms with Crippen molar-refractivity contribution in [3.05, 3.63) is 65.2 Å². The second-order valence-electron chi connectivity index (χ2n) is 5.13. The van der Waals surface area contributed by atoms with Crippen LogP contribution >= 0.6 is 0 Å². The maximum absolute atomic E-state index is 10.7. The Kier molecular flexibility index (Phi) is 4.95. The molecule has 1 unspecified atom stereocenters. The molecule has 4 nitrogen and oxygen atoms in total. The summed E-state index contributed by atoms with van der Waals surface area (Å²) in [5.41, 5.74) is 9.93. The molecule has 110 valence electrons. The Balaban J connectivity index is 1.94. The lowest BCUT2D eigenvalue weighted by Crippen LogP contribution is -2.32. The van der Waals surface area contributed by atoms with Gasteiger partial charge in [-0.2, -0.15) is 0 Å². The smallest absolute Gasteiger partial charge is 0.320 e. The van der Waals surface area contributed by atoms with Crippen molar-refractivity contribution >= 4 is 11.7 Å². The second-order valence-corrected chi connectivity index (χ2v) is 5.13. The molecule has 0 amide bonds. The summed E-state index contributed by atoms with van der Waals surface area (Å²) in [5.74, 6) is -0.972. The van der Waals surface area contributed by atoms with Gasteiger partial charge >= 0.3 is 5.97 Å². The van der Waals surface area contributed by atoms with Crippen molar-refractivity contribution in [1.29, 1.82) is 0 Å². The highest BCUT2D eigenvalue weighted by Crippen LogP contribution is 2.15. The zero-order valence-corrected chi connectivity index (χ0v) is 12.0. The molecular formula is C17H20N2O2. The average molecular weight is 284 g/mol. The number of hydrogen-bond acceptors (Lipinski definition) is 3. The van der Waals surface area contributed by atoms with Gasteiger partial charge in [0.2, 0.25) is 0 Å². The number of carboxylic acids is 1. The monoisotopic (exact) mass is 284 g/mol. The van der Waals surface area contributed by atoms with Crippen molar-refractivity contribution in [1.82, 2.24) is 0 Å². The first-order valence-corrected chi connectivity index (χ1v) is 6.92. The van der Waals surface area contributed by atoms with Crippen molar-refractivity contribution in [2.45, 2.75) is 25.9 Å². The first-order valence-electron chi connectivity index (χ1n) is 6.92. The molecule has 2 rings (SSSR count). The third-order valence-electron chi connectivity index (χ3n) is 3.42. The molecule has 1 atom stereocenters. The standard InChI is InChI=1S/C17H20N2O2/c1-12-4-2-3-5-16(12)19-11-14-8-6-13(7-9-14)10-15(18)17(20)21/h2-9,15,19H,10-11,18H2,1H3,(H,20,21). The number of nitrogens with two attached hydrogens (primary N) is 1. The van der Waals surface area contributed by atoms with Crippen molar-refractivity contribution in [2.24, 2.45) is 5.73 Å². The Morgan fingerprint density at radius 1 is 1.14 bits per heavy atom. The van der Waals surface area contributed by atoms with Crippen LogP contribution in [0.5, 0.6) is 0 Å². The van der Waals surface area contributed by atoms with Gasteiger partial charge in [0.25, 0.3) is 0 Å². The van der Waals surface area contributed by atoms with Gasteiger partial charge in [0.1, 0.15) is 6.04 Å². The van der Waals surface area contributed by atoms with Crippen molar-refractivity contribution in [2.75, 3.05) is 5.32 Å². The molecule has 0 fully saturated rings. The SMILES string of the molecule is Cc1ccccc1NCc1ccc(CC(N)C(=O)O)cc1. The number of benzene rings is 2. The zero-order chi connectivity index (χ0) is 15.2. The topological polar surface area (TPSA) is 75.3 Å². The molecule has 0 spiro atoms. The van der Waals surface area contributed by atoms with Crippen LogP contribution in [0.2, 0.25) is 0 Å². The van der Waals surface area contributed by atoms with Crippen LogP contribution in [0.3, 0.4) is 0 Å². The van der Waals surface area contributed by atoms with E-state index in [-0.39, 0.29) is 0 Å². The summed E-state index contributed by atoms with van der Waals surface area (Å²) in [5, 5.41) is 12.2. The fraction of sp³-hybridized carbons (Fsp3) is 0.235. The lowest BCUT2D eigenvalue weighted by atomic mass is 10.0. The van der Waals surface area contributed by atoms with Crippen LogP contribution in [0.4, 0.5) is 5.69 Å². The summed E-state index contributed by atoms with van der Waals surface area (Å²) < 4.78 is 0. The Morgan fingerprint density at radius 3 is 2.38 bits per heavy atom. The third-order valence-corrected chi connectivity index (χ3v) is 3.42. The Bertz CT molecular complexity index is 608. The van der Waals surface area contributed by atoms with E-state index in [0.717, 1.165) is 23.4 Å². The zero-order valence-electron chi connectivity index (χ0n) is 12.0. The molecule has 0 aliphatic heterocycles. The van der Waals surface area contributed by atoms with Crippen molar-refractivity contribution in [3.8, 4) is 0 Å². The number of aliphatic carboxylic acids is 1. The first kappa shape index (κ1) is 15.1. The lowest BCUT2D eigenvalue weighted by Gasteiger charge is -2.10. The Hall–Kier alpha value is -2.33. The van der Waals surface area contributed by atoms with Crippen LogP contribution in [-0.4, -0.2) is 17.1 Å². The molecule has 0 heterocycles. The summed E-state index contributed by atoms with van der Waals surface area (Å²) in [7, 11) is 0. The maximum atomic E-state index is 10.7. The average Bonchev–Trinajstić information content (AvgIpc) is 2.48. The van der Waals surface area contributed by atoms with E-state index < -0.39 is 12.0 Å². The number of para-hydroxylation sites is 1. The minimum Gasteiger partial charge on any atom is -0.480 e. The number of carbonyl (C=O) groups is 1. The number of carboxylic acid groups (broad SMARTS) is 1. The normalized spacial score (nSPS) is 11.9. The molecule has 0 aliphatic rings. The highest BCUT2D eigenvalue weighted by molar-refractivity contribution is 5.73. The molecule has 2 aromatic carbocycles. The van der Waals surface area contributed by atoms with Crippen LogP contribution in [0, 0.1) is 6.92 Å². The van der Waals surface area contributed by atoms with E-state index >= 15 is 0 Å². The largest absolute Gasteiger partial charge is 0.480 e. The number of anilines is 1. The van der Waals surface area contributed by atoms with Crippen LogP contribution in [0.15, 0.2) is 48.5 Å². The van der Waals surface area contributed by atoms with E-state index in [9.17, 15) is 4.79 Å². The predicted octanol–water partition coefficient (Wildman–Crippen LogP) is 2.56. The molecule has 21 heavy (non-hydrogen) atoms. The van der Waals surface area contributed by atoms with E-state index in [1.807, 2.05) is 36.4 Å². The molecule has 0 bridgehead atoms. The molecular weight excluding hydrogens is 264 g/mol. The van der Waals surface area contributed by atoms with E-state index in [1.54, 1.807) is 0 Å². The summed E-state index contributed by atoms with van der Waals surface area (Å²) >= 11 is 0. The van der Waals surface area contributed by atoms with Gasteiger partial charge in [0, 0.05) is 12.2 Å². The van der Waals surface area contributed by atoms with Gasteiger partial charge in [-0.05, 0) is 36.1 Å². The lowest BCUT2D eigenvalue weighted by molar-refractivity contribution is -0.138. The van der Waals surface area contributed by atoms with E-state index in [1.165, 1.54) is 5.56 Å². The Morgan fingerprint density at radius 2 is 1.76 bits per heavy atom. The predicted molar refractivity (Wildman–Crippen MR) is 84.3 cm³/mol. The number of rotatable bonds is 6. The molecule has 2 aromatic rings. The van der Waals surface area contributed by atoms with Gasteiger partial charge in [-0.3, -0.25) is 4.79 Å². The van der Waals surface area contributed by atoms with E-state index in [0.29, 0.717) is 6.42 Å². The summed E-state index contributed by atoms with van der Waals surface area (Å²) in [6, 6.07) is 15.1. The Labute approximate surface area is 124 Å². The van der Waals surface area contributed by atoms with Gasteiger partial charge in [0.05, 0.1) is 0 Å². The maximum Gasteiger partial charge on any atom is 0.320 e. The van der Waals surface area contributed by atoms with Crippen LogP contribution in [0.25, 0.3) is 0 Å². The number of nitrogens with one attached hydrogen (secondary N) is 1. The van der Waals surface area contributed by atoms with Gasteiger partial charge in [-0.1, -0.05) is 42.5 Å². The number of aryl methyl sites for hydroxylation is 1. The minimum atomic E-state index is -0.972. The van der Waals surface area contributed by atoms with Gasteiger partial charge in [-0.15, -0.1) is 0 Å². The number of hydrogen-bond donors (Lipinski definition) is 3. The first-order chi connectivity index (χ1) is 10.1. The van der Waals surface area contributed by atoms with Crippen LogP contribution in [-0.2, 0) is 17.8 Å². The van der Waals surface area contributed by atoms with E-state index in [4.69, 9.17) is 10.8 Å².